The van der Waals surface area contributed by atoms with E-state index in [1.807, 2.05) is 0 Å². The molecule has 3 rings (SSSR count). The lowest BCUT2D eigenvalue weighted by molar-refractivity contribution is 0.224. The Kier molecular flexibility index (Phi) is 3.10. The van der Waals surface area contributed by atoms with E-state index < -0.39 is 0 Å². The van der Waals surface area contributed by atoms with Gasteiger partial charge >= 0.3 is 0 Å². The highest BCUT2D eigenvalue weighted by molar-refractivity contribution is 5.83. The molecule has 0 saturated carbocycles. The van der Waals surface area contributed by atoms with Crippen LogP contribution in [0.1, 0.15) is 18.0 Å². The summed E-state index contributed by atoms with van der Waals surface area (Å²) >= 11 is 0. The molecule has 3 nitrogen and oxygen atoms in total. The second-order valence-electron chi connectivity index (χ2n) is 5.45. The first kappa shape index (κ1) is 11.8. The minimum absolute atomic E-state index is 0.496. The first-order valence-corrected chi connectivity index (χ1v) is 6.70. The fraction of sp³-hybridized carbons (Fsp3) is 0.467. The third-order valence-corrected chi connectivity index (χ3v) is 4.04. The van der Waals surface area contributed by atoms with Crippen LogP contribution in [-0.4, -0.2) is 37.1 Å². The van der Waals surface area contributed by atoms with Crippen LogP contribution >= 0.6 is 0 Å². The molecule has 2 heterocycles. The van der Waals surface area contributed by atoms with E-state index >= 15 is 0 Å². The molecule has 1 aromatic heterocycles. The van der Waals surface area contributed by atoms with Crippen molar-refractivity contribution in [3.8, 4) is 0 Å². The molecule has 2 atom stereocenters. The molecular weight excluding hydrogens is 222 g/mol. The van der Waals surface area contributed by atoms with E-state index in [4.69, 9.17) is 0 Å². The number of H-pyrrole nitrogens is 1. The topological polar surface area (TPSA) is 31.1 Å². The average Bonchev–Trinajstić information content (AvgIpc) is 3.00. The summed E-state index contributed by atoms with van der Waals surface area (Å²) in [5, 5.41) is 4.84. The van der Waals surface area contributed by atoms with Crippen molar-refractivity contribution < 1.29 is 0 Å². The molecule has 1 fully saturated rings. The molecule has 2 aromatic rings. The summed E-state index contributed by atoms with van der Waals surface area (Å²) in [6.07, 6.45) is 3.45. The van der Waals surface area contributed by atoms with E-state index in [0.29, 0.717) is 12.0 Å². The van der Waals surface area contributed by atoms with E-state index in [1.54, 1.807) is 0 Å². The summed E-state index contributed by atoms with van der Waals surface area (Å²) in [6.45, 7) is 2.28. The number of para-hydroxylation sites is 1. The Bertz CT molecular complexity index is 523. The van der Waals surface area contributed by atoms with Crippen LogP contribution in [0.4, 0.5) is 0 Å². The summed E-state index contributed by atoms with van der Waals surface area (Å²) in [6, 6.07) is 9.08. The van der Waals surface area contributed by atoms with E-state index in [9.17, 15) is 0 Å². The van der Waals surface area contributed by atoms with Crippen molar-refractivity contribution in [2.75, 3.05) is 27.2 Å². The highest BCUT2D eigenvalue weighted by Gasteiger charge is 2.29. The molecule has 2 unspecified atom stereocenters. The molecule has 1 aromatic carbocycles. The van der Waals surface area contributed by atoms with Gasteiger partial charge in [0.1, 0.15) is 0 Å². The van der Waals surface area contributed by atoms with Crippen LogP contribution in [0.15, 0.2) is 30.5 Å². The molecule has 0 bridgehead atoms. The summed E-state index contributed by atoms with van der Waals surface area (Å²) in [5.74, 6) is 0.708. The Hall–Kier alpha value is -1.32. The third-order valence-electron chi connectivity index (χ3n) is 4.04. The zero-order chi connectivity index (χ0) is 12.5. The second kappa shape index (κ2) is 4.75. The van der Waals surface area contributed by atoms with Crippen LogP contribution in [0.25, 0.3) is 10.9 Å². The summed E-state index contributed by atoms with van der Waals surface area (Å²) < 4.78 is 0. The van der Waals surface area contributed by atoms with Gasteiger partial charge in [0, 0.05) is 23.1 Å². The molecule has 0 aliphatic carbocycles. The number of fused-ring (bicyclic) bond motifs is 1. The summed E-state index contributed by atoms with van der Waals surface area (Å²) in [4.78, 5) is 5.75. The molecule has 0 radical (unpaired) electrons. The highest BCUT2D eigenvalue weighted by Crippen LogP contribution is 2.34. The quantitative estimate of drug-likeness (QED) is 0.867. The van der Waals surface area contributed by atoms with Crippen molar-refractivity contribution in [2.45, 2.75) is 12.5 Å². The summed E-state index contributed by atoms with van der Waals surface area (Å²) in [7, 11) is 4.37. The van der Waals surface area contributed by atoms with Crippen molar-refractivity contribution in [1.29, 1.82) is 0 Å². The van der Waals surface area contributed by atoms with Gasteiger partial charge in [-0.2, -0.15) is 0 Å². The van der Waals surface area contributed by atoms with Crippen LogP contribution in [-0.2, 0) is 0 Å². The fourth-order valence-corrected chi connectivity index (χ4v) is 3.24. The molecule has 0 amide bonds. The van der Waals surface area contributed by atoms with Gasteiger partial charge in [-0.05, 0) is 51.2 Å². The highest BCUT2D eigenvalue weighted by atomic mass is 15.1. The number of aromatic nitrogens is 1. The molecule has 1 saturated heterocycles. The van der Waals surface area contributed by atoms with Crippen LogP contribution in [0.5, 0.6) is 0 Å². The number of aromatic amines is 1. The predicted molar refractivity (Wildman–Crippen MR) is 75.7 cm³/mol. The smallest absolute Gasteiger partial charge is 0.0457 e. The average molecular weight is 243 g/mol. The zero-order valence-corrected chi connectivity index (χ0v) is 11.1. The number of hydrogen-bond acceptors (Lipinski definition) is 2. The number of hydrogen-bond donors (Lipinski definition) is 2. The normalized spacial score (nSPS) is 21.8. The molecule has 18 heavy (non-hydrogen) atoms. The minimum atomic E-state index is 0.496. The largest absolute Gasteiger partial charge is 0.361 e. The lowest BCUT2D eigenvalue weighted by Gasteiger charge is -2.29. The number of nitrogens with one attached hydrogen (secondary N) is 2. The third kappa shape index (κ3) is 1.93. The first-order chi connectivity index (χ1) is 8.77. The maximum atomic E-state index is 3.48. The predicted octanol–water partition coefficient (Wildman–Crippen LogP) is 2.38. The fourth-order valence-electron chi connectivity index (χ4n) is 3.24. The van der Waals surface area contributed by atoms with Crippen molar-refractivity contribution in [1.82, 2.24) is 15.2 Å². The van der Waals surface area contributed by atoms with Gasteiger partial charge in [0.25, 0.3) is 0 Å². The van der Waals surface area contributed by atoms with E-state index in [0.717, 1.165) is 13.1 Å². The summed E-state index contributed by atoms with van der Waals surface area (Å²) in [5.41, 5.74) is 2.68. The Morgan fingerprint density at radius 3 is 2.83 bits per heavy atom. The molecule has 96 valence electrons. The zero-order valence-electron chi connectivity index (χ0n) is 11.1. The van der Waals surface area contributed by atoms with Gasteiger partial charge in [-0.15, -0.1) is 0 Å². The van der Waals surface area contributed by atoms with Gasteiger partial charge in [0.2, 0.25) is 0 Å². The molecule has 0 spiro atoms. The maximum absolute atomic E-state index is 3.48. The van der Waals surface area contributed by atoms with E-state index in [1.165, 1.54) is 22.9 Å². The van der Waals surface area contributed by atoms with Crippen LogP contribution < -0.4 is 5.32 Å². The van der Waals surface area contributed by atoms with Crippen LogP contribution in [0, 0.1) is 5.92 Å². The van der Waals surface area contributed by atoms with E-state index in [-0.39, 0.29) is 0 Å². The van der Waals surface area contributed by atoms with Gasteiger partial charge in [-0.25, -0.2) is 0 Å². The molecule has 1 aliphatic heterocycles. The van der Waals surface area contributed by atoms with Crippen LogP contribution in [0.2, 0.25) is 0 Å². The monoisotopic (exact) mass is 243 g/mol. The number of rotatable bonds is 3. The van der Waals surface area contributed by atoms with E-state index in [2.05, 4.69) is 59.8 Å². The van der Waals surface area contributed by atoms with Gasteiger partial charge in [0.15, 0.2) is 0 Å². The molecule has 1 aliphatic rings. The van der Waals surface area contributed by atoms with Crippen molar-refractivity contribution >= 4 is 10.9 Å². The second-order valence-corrected chi connectivity index (χ2v) is 5.45. The Morgan fingerprint density at radius 1 is 1.28 bits per heavy atom. The lowest BCUT2D eigenvalue weighted by atomic mass is 9.91. The Labute approximate surface area is 108 Å². The standard InChI is InChI=1S/C15H21N3/c1-18(2)15(11-7-8-16-9-11)13-10-17-14-6-4-3-5-12(13)14/h3-6,10-11,15-17H,7-9H2,1-2H3. The lowest BCUT2D eigenvalue weighted by Crippen LogP contribution is -2.28. The minimum Gasteiger partial charge on any atom is -0.361 e. The molecule has 2 N–H and O–H groups in total. The number of nitrogens with zero attached hydrogens (tertiary/aromatic N) is 1. The first-order valence-electron chi connectivity index (χ1n) is 6.70. The SMILES string of the molecule is CN(C)C(c1c[nH]c2ccccc12)C1CCNC1. The van der Waals surface area contributed by atoms with Crippen molar-refractivity contribution in [3.63, 3.8) is 0 Å². The molecule has 3 heteroatoms. The van der Waals surface area contributed by atoms with Crippen molar-refractivity contribution in [2.24, 2.45) is 5.92 Å². The number of benzene rings is 1. The van der Waals surface area contributed by atoms with Gasteiger partial charge in [-0.3, -0.25) is 0 Å². The maximum Gasteiger partial charge on any atom is 0.0457 e. The molecular formula is C15H21N3. The Morgan fingerprint density at radius 2 is 2.11 bits per heavy atom. The van der Waals surface area contributed by atoms with Gasteiger partial charge in [-0.1, -0.05) is 18.2 Å². The van der Waals surface area contributed by atoms with Crippen LogP contribution in [0.3, 0.4) is 0 Å². The van der Waals surface area contributed by atoms with Gasteiger partial charge in [0.05, 0.1) is 0 Å². The Balaban J connectivity index is 2.03. The van der Waals surface area contributed by atoms with Crippen molar-refractivity contribution in [3.05, 3.63) is 36.0 Å². The van der Waals surface area contributed by atoms with Gasteiger partial charge < -0.3 is 15.2 Å².